The Labute approximate surface area is 183 Å². The van der Waals surface area contributed by atoms with Crippen molar-refractivity contribution in [2.75, 3.05) is 6.61 Å². The Morgan fingerprint density at radius 3 is 1.84 bits per heavy atom. The lowest BCUT2D eigenvalue weighted by molar-refractivity contribution is -0.288. The first-order valence-electron chi connectivity index (χ1n) is 9.63. The summed E-state index contributed by atoms with van der Waals surface area (Å²) in [6.45, 7) is 4.21. The Bertz CT molecular complexity index is 848. The number of hydrogen-bond acceptors (Lipinski definition) is 11. The van der Waals surface area contributed by atoms with Gasteiger partial charge in [0.15, 0.2) is 12.2 Å². The first kappa shape index (κ1) is 24.8. The molecule has 0 unspecified atom stereocenters. The highest BCUT2D eigenvalue weighted by atomic mass is 16.7. The van der Waals surface area contributed by atoms with Crippen molar-refractivity contribution in [2.45, 2.75) is 58.4 Å². The summed E-state index contributed by atoms with van der Waals surface area (Å²) in [7, 11) is 0. The average molecular weight is 452 g/mol. The summed E-state index contributed by atoms with van der Waals surface area (Å²) in [5, 5.41) is 0. The molecule has 5 atom stereocenters. The van der Waals surface area contributed by atoms with E-state index in [9.17, 15) is 24.0 Å². The van der Waals surface area contributed by atoms with Crippen LogP contribution in [0, 0.1) is 0 Å². The van der Waals surface area contributed by atoms with E-state index in [2.05, 4.69) is 0 Å². The summed E-state index contributed by atoms with van der Waals surface area (Å²) in [6, 6.07) is 5.96. The van der Waals surface area contributed by atoms with E-state index in [1.54, 1.807) is 0 Å². The number of carbonyl (C=O) groups excluding carboxylic acids is 5. The molecule has 0 saturated carbocycles. The van der Waals surface area contributed by atoms with Gasteiger partial charge in [0.1, 0.15) is 24.7 Å². The highest BCUT2D eigenvalue weighted by Gasteiger charge is 2.53. The number of aldehydes is 1. The van der Waals surface area contributed by atoms with Crippen LogP contribution < -0.4 is 4.74 Å². The van der Waals surface area contributed by atoms with E-state index < -0.39 is 54.6 Å². The van der Waals surface area contributed by atoms with Crippen LogP contribution in [0.4, 0.5) is 0 Å². The van der Waals surface area contributed by atoms with E-state index in [0.717, 1.165) is 20.8 Å². The highest BCUT2D eigenvalue weighted by molar-refractivity contribution is 5.74. The van der Waals surface area contributed by atoms with Gasteiger partial charge in [0, 0.05) is 33.3 Å². The fourth-order valence-electron chi connectivity index (χ4n) is 3.04. The van der Waals surface area contributed by atoms with Gasteiger partial charge in [0.05, 0.1) is 0 Å². The molecule has 0 amide bonds. The minimum absolute atomic E-state index is 0.247. The molecule has 1 aromatic carbocycles. The minimum atomic E-state index is -1.34. The van der Waals surface area contributed by atoms with Gasteiger partial charge in [-0.3, -0.25) is 24.0 Å². The van der Waals surface area contributed by atoms with E-state index in [0.29, 0.717) is 11.8 Å². The molecule has 0 bridgehead atoms. The Hall–Kier alpha value is -3.47. The third-order valence-corrected chi connectivity index (χ3v) is 4.22. The van der Waals surface area contributed by atoms with Gasteiger partial charge in [0.2, 0.25) is 12.4 Å². The zero-order chi connectivity index (χ0) is 23.8. The largest absolute Gasteiger partial charge is 0.463 e. The third kappa shape index (κ3) is 7.05. The van der Waals surface area contributed by atoms with Crippen molar-refractivity contribution in [1.82, 2.24) is 0 Å². The van der Waals surface area contributed by atoms with E-state index in [1.165, 1.54) is 31.2 Å². The van der Waals surface area contributed by atoms with Crippen molar-refractivity contribution in [3.63, 3.8) is 0 Å². The maximum Gasteiger partial charge on any atom is 0.303 e. The lowest BCUT2D eigenvalue weighted by Gasteiger charge is -2.43. The van der Waals surface area contributed by atoms with Gasteiger partial charge >= 0.3 is 23.9 Å². The maximum atomic E-state index is 11.8. The molecule has 11 heteroatoms. The standard InChI is InChI=1S/C21H24O11/c1-11(23)27-10-17-18(28-12(2)24)19(29-13(3)25)20(30-14(4)26)21(32-17)31-16-7-5-15(9-22)6-8-16/h5-9,17-21H,10H2,1-4H3/t17-,18-,19-,20-,21-/m1/s1. The molecule has 1 aromatic rings. The molecule has 0 radical (unpaired) electrons. The van der Waals surface area contributed by atoms with E-state index in [4.69, 9.17) is 28.4 Å². The van der Waals surface area contributed by atoms with Crippen molar-refractivity contribution in [3.8, 4) is 5.75 Å². The summed E-state index contributed by atoms with van der Waals surface area (Å²) in [6.07, 6.45) is -5.72. The molecule has 11 nitrogen and oxygen atoms in total. The van der Waals surface area contributed by atoms with Gasteiger partial charge in [-0.05, 0) is 24.3 Å². The summed E-state index contributed by atoms with van der Waals surface area (Å²) in [5.41, 5.74) is 0.402. The van der Waals surface area contributed by atoms with Crippen LogP contribution in [0.25, 0.3) is 0 Å². The van der Waals surface area contributed by atoms with Crippen molar-refractivity contribution < 1.29 is 52.4 Å². The van der Waals surface area contributed by atoms with E-state index in [1.807, 2.05) is 0 Å². The molecule has 0 spiro atoms. The van der Waals surface area contributed by atoms with Crippen molar-refractivity contribution in [3.05, 3.63) is 29.8 Å². The lowest BCUT2D eigenvalue weighted by Crippen LogP contribution is -2.63. The summed E-state index contributed by atoms with van der Waals surface area (Å²) < 4.78 is 32.5. The highest BCUT2D eigenvalue weighted by Crippen LogP contribution is 2.31. The molecular weight excluding hydrogens is 428 g/mol. The minimum Gasteiger partial charge on any atom is -0.463 e. The normalized spacial score (nSPS) is 24.6. The second-order valence-electron chi connectivity index (χ2n) is 6.87. The topological polar surface area (TPSA) is 141 Å². The predicted molar refractivity (Wildman–Crippen MR) is 104 cm³/mol. The summed E-state index contributed by atoms with van der Waals surface area (Å²) in [5.74, 6) is -2.58. The first-order chi connectivity index (χ1) is 15.1. The number of hydrogen-bond donors (Lipinski definition) is 0. The van der Waals surface area contributed by atoms with Crippen molar-refractivity contribution in [1.29, 1.82) is 0 Å². The zero-order valence-corrected chi connectivity index (χ0v) is 18.0. The van der Waals surface area contributed by atoms with Crippen LogP contribution in [0.3, 0.4) is 0 Å². The SMILES string of the molecule is CC(=O)OC[C@H]1O[C@@H](Oc2ccc(C=O)cc2)[C@H](OC(C)=O)[C@H](OC(C)=O)[C@@H]1OC(C)=O. The lowest BCUT2D eigenvalue weighted by atomic mass is 9.98. The van der Waals surface area contributed by atoms with Crippen LogP contribution in [-0.4, -0.2) is 67.5 Å². The van der Waals surface area contributed by atoms with Gasteiger partial charge in [0.25, 0.3) is 0 Å². The van der Waals surface area contributed by atoms with Crippen LogP contribution in [0.2, 0.25) is 0 Å². The maximum absolute atomic E-state index is 11.8. The van der Waals surface area contributed by atoms with Crippen molar-refractivity contribution >= 4 is 30.2 Å². The number of esters is 4. The molecular formula is C21H24O11. The van der Waals surface area contributed by atoms with Gasteiger partial charge < -0.3 is 28.4 Å². The third-order valence-electron chi connectivity index (χ3n) is 4.22. The van der Waals surface area contributed by atoms with Crippen LogP contribution in [0.1, 0.15) is 38.1 Å². The van der Waals surface area contributed by atoms with Crippen LogP contribution in [-0.2, 0) is 42.9 Å². The fraction of sp³-hybridized carbons (Fsp3) is 0.476. The first-order valence-corrected chi connectivity index (χ1v) is 9.63. The smallest absolute Gasteiger partial charge is 0.303 e. The van der Waals surface area contributed by atoms with Crippen LogP contribution in [0.15, 0.2) is 24.3 Å². The Morgan fingerprint density at radius 1 is 0.812 bits per heavy atom. The molecule has 0 aliphatic carbocycles. The molecule has 1 saturated heterocycles. The van der Waals surface area contributed by atoms with Gasteiger partial charge in [-0.1, -0.05) is 0 Å². The quantitative estimate of drug-likeness (QED) is 0.316. The van der Waals surface area contributed by atoms with Crippen LogP contribution in [0.5, 0.6) is 5.75 Å². The Morgan fingerprint density at radius 2 is 1.34 bits per heavy atom. The fourth-order valence-corrected chi connectivity index (χ4v) is 3.04. The number of benzene rings is 1. The van der Waals surface area contributed by atoms with Crippen molar-refractivity contribution in [2.24, 2.45) is 0 Å². The Balaban J connectivity index is 2.43. The second-order valence-corrected chi connectivity index (χ2v) is 6.87. The number of rotatable bonds is 8. The molecule has 1 heterocycles. The number of ether oxygens (including phenoxy) is 6. The molecule has 0 N–H and O–H groups in total. The molecule has 2 rings (SSSR count). The van der Waals surface area contributed by atoms with Gasteiger partial charge in [-0.25, -0.2) is 0 Å². The molecule has 1 fully saturated rings. The van der Waals surface area contributed by atoms with E-state index >= 15 is 0 Å². The molecule has 32 heavy (non-hydrogen) atoms. The van der Waals surface area contributed by atoms with E-state index in [-0.39, 0.29) is 12.4 Å². The second kappa shape index (κ2) is 11.2. The molecule has 1 aliphatic heterocycles. The summed E-state index contributed by atoms with van der Waals surface area (Å²) in [4.78, 5) is 57.4. The molecule has 0 aromatic heterocycles. The molecule has 1 aliphatic rings. The Kier molecular flexibility index (Phi) is 8.71. The number of carbonyl (C=O) groups is 5. The van der Waals surface area contributed by atoms with Crippen LogP contribution >= 0.6 is 0 Å². The average Bonchev–Trinajstić information content (AvgIpc) is 2.70. The molecule has 174 valence electrons. The zero-order valence-electron chi connectivity index (χ0n) is 18.0. The monoisotopic (exact) mass is 452 g/mol. The summed E-state index contributed by atoms with van der Waals surface area (Å²) >= 11 is 0. The van der Waals surface area contributed by atoms with Gasteiger partial charge in [-0.15, -0.1) is 0 Å². The predicted octanol–water partition coefficient (Wildman–Crippen LogP) is 0.961. The van der Waals surface area contributed by atoms with Gasteiger partial charge in [-0.2, -0.15) is 0 Å².